The van der Waals surface area contributed by atoms with Crippen molar-refractivity contribution in [2.75, 3.05) is 6.61 Å². The first-order chi connectivity index (χ1) is 5.24. The fraction of sp³-hybridized carbons (Fsp3) is 0.500. The van der Waals surface area contributed by atoms with E-state index < -0.39 is 5.95 Å². The fourth-order valence-electron chi connectivity index (χ4n) is 0.600. The number of aliphatic imine (C=N–C) groups is 1. The molecule has 1 heterocycles. The third-order valence-corrected chi connectivity index (χ3v) is 1.02. The zero-order valence-corrected chi connectivity index (χ0v) is 6.37. The Kier molecular flexibility index (Phi) is 2.20. The van der Waals surface area contributed by atoms with Crippen LogP contribution in [0.2, 0.25) is 0 Å². The molecular weight excluding hydrogens is 146 g/mol. The number of ether oxygens (including phenoxy) is 1. The van der Waals surface area contributed by atoms with Gasteiger partial charge in [0.1, 0.15) is 0 Å². The normalized spacial score (nSPS) is 20.0. The van der Waals surface area contributed by atoms with Gasteiger partial charge in [-0.05, 0) is 13.5 Å². The number of hydrogen-bond donors (Lipinski definition) is 0. The van der Waals surface area contributed by atoms with Gasteiger partial charge in [0.2, 0.25) is 0 Å². The maximum atomic E-state index is 10.9. The molecular formula is C6H8N3O2-. The summed E-state index contributed by atoms with van der Waals surface area (Å²) >= 11 is 0. The lowest BCUT2D eigenvalue weighted by atomic mass is 10.7. The highest BCUT2D eigenvalue weighted by molar-refractivity contribution is 5.82. The molecule has 1 aliphatic rings. The quantitative estimate of drug-likeness (QED) is 0.540. The Morgan fingerprint density at radius 2 is 2.27 bits per heavy atom. The number of azo groups is 1. The highest BCUT2D eigenvalue weighted by Gasteiger charge is 2.03. The van der Waals surface area contributed by atoms with Crippen LogP contribution in [0, 0.1) is 0 Å². The van der Waals surface area contributed by atoms with Crippen LogP contribution in [0.1, 0.15) is 13.8 Å². The van der Waals surface area contributed by atoms with Gasteiger partial charge in [-0.3, -0.25) is 0 Å². The van der Waals surface area contributed by atoms with Crippen LogP contribution < -0.4 is 5.11 Å². The van der Waals surface area contributed by atoms with Gasteiger partial charge < -0.3 is 9.84 Å². The van der Waals surface area contributed by atoms with Gasteiger partial charge >= 0.3 is 0 Å². The predicted molar refractivity (Wildman–Crippen MR) is 36.6 cm³/mol. The summed E-state index contributed by atoms with van der Waals surface area (Å²) in [4.78, 5) is 3.73. The van der Waals surface area contributed by atoms with E-state index >= 15 is 0 Å². The first-order valence-electron chi connectivity index (χ1n) is 3.25. The van der Waals surface area contributed by atoms with Gasteiger partial charge in [0.05, 0.1) is 5.95 Å². The molecule has 11 heavy (non-hydrogen) atoms. The van der Waals surface area contributed by atoms with Crippen LogP contribution in [0.5, 0.6) is 0 Å². The molecule has 0 radical (unpaired) electrons. The molecule has 5 heteroatoms. The Morgan fingerprint density at radius 3 is 2.73 bits per heavy atom. The van der Waals surface area contributed by atoms with Crippen LogP contribution in [0.3, 0.4) is 0 Å². The van der Waals surface area contributed by atoms with Crippen LogP contribution in [-0.2, 0) is 4.74 Å². The highest BCUT2D eigenvalue weighted by Crippen LogP contribution is 2.11. The zero-order chi connectivity index (χ0) is 8.27. The molecule has 0 saturated carbocycles. The molecule has 0 atom stereocenters. The molecule has 0 N–H and O–H groups in total. The second-order valence-electron chi connectivity index (χ2n) is 1.90. The van der Waals surface area contributed by atoms with Gasteiger partial charge in [-0.2, -0.15) is 0 Å². The molecule has 0 spiro atoms. The second-order valence-corrected chi connectivity index (χ2v) is 1.90. The average molecular weight is 154 g/mol. The molecule has 5 nitrogen and oxygen atoms in total. The topological polar surface area (TPSA) is 69.4 Å². The van der Waals surface area contributed by atoms with E-state index in [1.165, 1.54) is 0 Å². The molecule has 60 valence electrons. The van der Waals surface area contributed by atoms with E-state index in [4.69, 9.17) is 0 Å². The van der Waals surface area contributed by atoms with Crippen molar-refractivity contribution in [3.8, 4) is 0 Å². The fourth-order valence-corrected chi connectivity index (χ4v) is 0.600. The van der Waals surface area contributed by atoms with Crippen molar-refractivity contribution in [2.24, 2.45) is 15.2 Å². The van der Waals surface area contributed by atoms with Crippen LogP contribution in [0.4, 0.5) is 0 Å². The lowest BCUT2D eigenvalue weighted by molar-refractivity contribution is -0.358. The highest BCUT2D eigenvalue weighted by atomic mass is 16.6. The van der Waals surface area contributed by atoms with Gasteiger partial charge in [-0.1, -0.05) is 6.92 Å². The summed E-state index contributed by atoms with van der Waals surface area (Å²) in [7, 11) is 0. The van der Waals surface area contributed by atoms with Crippen molar-refractivity contribution in [3.05, 3.63) is 11.8 Å². The van der Waals surface area contributed by atoms with E-state index in [0.29, 0.717) is 12.4 Å². The molecule has 0 aliphatic carbocycles. The number of rotatable bonds is 2. The Labute approximate surface area is 64.1 Å². The van der Waals surface area contributed by atoms with Crippen molar-refractivity contribution < 1.29 is 9.84 Å². The average Bonchev–Trinajstić information content (AvgIpc) is 2.36. The molecule has 0 aromatic heterocycles. The van der Waals surface area contributed by atoms with Crippen molar-refractivity contribution in [1.82, 2.24) is 0 Å². The van der Waals surface area contributed by atoms with Crippen molar-refractivity contribution in [3.63, 3.8) is 0 Å². The largest absolute Gasteiger partial charge is 0.611 e. The van der Waals surface area contributed by atoms with E-state index in [1.807, 2.05) is 0 Å². The van der Waals surface area contributed by atoms with Gasteiger partial charge in [0.15, 0.2) is 11.7 Å². The Bertz CT molecular complexity index is 242. The molecule has 0 fully saturated rings. The van der Waals surface area contributed by atoms with Gasteiger partial charge in [0.25, 0.3) is 0 Å². The van der Waals surface area contributed by atoms with Crippen molar-refractivity contribution in [1.29, 1.82) is 0 Å². The van der Waals surface area contributed by atoms with Gasteiger partial charge in [-0.25, -0.2) is 4.99 Å². The molecule has 0 amide bonds. The summed E-state index contributed by atoms with van der Waals surface area (Å²) in [6, 6.07) is 0. The predicted octanol–water partition coefficient (Wildman–Crippen LogP) is 0.394. The van der Waals surface area contributed by atoms with Crippen LogP contribution in [-0.4, -0.2) is 12.4 Å². The zero-order valence-electron chi connectivity index (χ0n) is 6.37. The maximum Gasteiger partial charge on any atom is 0.198 e. The lowest BCUT2D eigenvalue weighted by Gasteiger charge is -2.11. The molecule has 0 aromatic rings. The summed E-state index contributed by atoms with van der Waals surface area (Å²) in [5.41, 5.74) is 0. The first kappa shape index (κ1) is 7.71. The monoisotopic (exact) mass is 154 g/mol. The molecule has 1 aliphatic heterocycles. The number of amidine groups is 1. The van der Waals surface area contributed by atoms with Gasteiger partial charge in [0, 0.05) is 0 Å². The van der Waals surface area contributed by atoms with Crippen molar-refractivity contribution in [2.45, 2.75) is 13.8 Å². The number of nitrogens with zero attached hydrogens (tertiary/aromatic N) is 3. The van der Waals surface area contributed by atoms with Crippen LogP contribution in [0.25, 0.3) is 0 Å². The molecule has 0 saturated heterocycles. The third-order valence-electron chi connectivity index (χ3n) is 1.02. The first-order valence-corrected chi connectivity index (χ1v) is 3.25. The van der Waals surface area contributed by atoms with Crippen LogP contribution >= 0.6 is 0 Å². The second kappa shape index (κ2) is 3.14. The van der Waals surface area contributed by atoms with Crippen molar-refractivity contribution >= 4 is 5.84 Å². The molecule has 0 unspecified atom stereocenters. The minimum absolute atomic E-state index is 0.0318. The Hall–Kier alpha value is -1.39. The minimum atomic E-state index is -0.520. The van der Waals surface area contributed by atoms with E-state index in [-0.39, 0.29) is 5.82 Å². The minimum Gasteiger partial charge on any atom is -0.611 e. The van der Waals surface area contributed by atoms with E-state index in [9.17, 15) is 5.11 Å². The Morgan fingerprint density at radius 1 is 1.55 bits per heavy atom. The summed E-state index contributed by atoms with van der Waals surface area (Å²) in [6.45, 7) is 3.71. The lowest BCUT2D eigenvalue weighted by Crippen LogP contribution is -2.09. The van der Waals surface area contributed by atoms with E-state index in [2.05, 4.69) is 20.0 Å². The summed E-state index contributed by atoms with van der Waals surface area (Å²) in [5.74, 6) is -0.00879. The SMILES string of the molecule is CCOC([O-])=C1N=NC(C)=N1. The van der Waals surface area contributed by atoms with E-state index in [1.54, 1.807) is 13.8 Å². The summed E-state index contributed by atoms with van der Waals surface area (Å²) < 4.78 is 4.64. The smallest absolute Gasteiger partial charge is 0.198 e. The molecule has 0 aromatic carbocycles. The molecule has 0 bridgehead atoms. The standard InChI is InChI=1S/C6H9N3O2/c1-3-11-6(10)5-7-4(2)8-9-5/h10H,3H2,1-2H3/p-1. The van der Waals surface area contributed by atoms with E-state index in [0.717, 1.165) is 0 Å². The third kappa shape index (κ3) is 1.76. The summed E-state index contributed by atoms with van der Waals surface area (Å²) in [5, 5.41) is 17.9. The van der Waals surface area contributed by atoms with Gasteiger partial charge in [-0.15, -0.1) is 10.2 Å². The maximum absolute atomic E-state index is 10.9. The number of hydrogen-bond acceptors (Lipinski definition) is 5. The Balaban J connectivity index is 2.74. The molecule has 1 rings (SSSR count). The van der Waals surface area contributed by atoms with Crippen LogP contribution in [0.15, 0.2) is 27.0 Å². The summed E-state index contributed by atoms with van der Waals surface area (Å²) in [6.07, 6.45) is 0.